The summed E-state index contributed by atoms with van der Waals surface area (Å²) in [4.78, 5) is 4.13. The fourth-order valence-corrected chi connectivity index (χ4v) is 2.22. The molecular formula is C15H11N3. The maximum Gasteiger partial charge on any atom is 0.0991 e. The van der Waals surface area contributed by atoms with E-state index in [0.717, 1.165) is 22.3 Å². The van der Waals surface area contributed by atoms with Crippen molar-refractivity contribution in [2.24, 2.45) is 0 Å². The van der Waals surface area contributed by atoms with E-state index in [4.69, 9.17) is 5.26 Å². The molecule has 0 atom stereocenters. The van der Waals surface area contributed by atoms with Crippen LogP contribution in [-0.2, 0) is 0 Å². The van der Waals surface area contributed by atoms with E-state index in [1.165, 1.54) is 0 Å². The molecule has 0 aliphatic heterocycles. The molecule has 86 valence electrons. The third kappa shape index (κ3) is 1.56. The molecule has 0 aliphatic carbocycles. The largest absolute Gasteiger partial charge is 0.314 e. The summed E-state index contributed by atoms with van der Waals surface area (Å²) in [7, 11) is 0. The van der Waals surface area contributed by atoms with Gasteiger partial charge in [0.05, 0.1) is 17.1 Å². The Balaban J connectivity index is 2.24. The summed E-state index contributed by atoms with van der Waals surface area (Å²) in [6.07, 6.45) is 3.66. The van der Waals surface area contributed by atoms with Gasteiger partial charge in [-0.15, -0.1) is 0 Å². The quantitative estimate of drug-likeness (QED) is 0.647. The number of aryl methyl sites for hydroxylation is 1. The van der Waals surface area contributed by atoms with Crippen LogP contribution in [0.1, 0.15) is 11.3 Å². The van der Waals surface area contributed by atoms with Crippen LogP contribution in [0.15, 0.2) is 48.8 Å². The van der Waals surface area contributed by atoms with E-state index in [9.17, 15) is 0 Å². The molecule has 0 radical (unpaired) electrons. The fourth-order valence-electron chi connectivity index (χ4n) is 2.22. The average molecular weight is 233 g/mol. The molecule has 0 bridgehead atoms. The topological polar surface area (TPSA) is 41.6 Å². The van der Waals surface area contributed by atoms with Gasteiger partial charge in [-0.3, -0.25) is 4.98 Å². The smallest absolute Gasteiger partial charge is 0.0991 e. The van der Waals surface area contributed by atoms with Crippen molar-refractivity contribution in [2.45, 2.75) is 6.92 Å². The third-order valence-corrected chi connectivity index (χ3v) is 3.04. The maximum absolute atomic E-state index is 8.82. The molecule has 0 unspecified atom stereocenters. The second-order valence-corrected chi connectivity index (χ2v) is 4.21. The molecular weight excluding hydrogens is 222 g/mol. The van der Waals surface area contributed by atoms with Crippen molar-refractivity contribution >= 4 is 10.9 Å². The molecule has 0 saturated carbocycles. The number of nitriles is 1. The SMILES string of the molecule is Cc1cc2cnccc2n1-c1ccc(C#N)cc1. The number of nitrogens with zero attached hydrogens (tertiary/aromatic N) is 3. The standard InChI is InChI=1S/C15H11N3/c1-11-8-13-10-17-7-6-15(13)18(11)14-4-2-12(9-16)3-5-14/h2-8,10H,1H3. The summed E-state index contributed by atoms with van der Waals surface area (Å²) in [6.45, 7) is 2.07. The molecule has 0 fully saturated rings. The molecule has 0 spiro atoms. The van der Waals surface area contributed by atoms with Crippen molar-refractivity contribution < 1.29 is 0 Å². The highest BCUT2D eigenvalue weighted by Gasteiger charge is 2.07. The van der Waals surface area contributed by atoms with Crippen molar-refractivity contribution in [2.75, 3.05) is 0 Å². The minimum Gasteiger partial charge on any atom is -0.314 e. The predicted molar refractivity (Wildman–Crippen MR) is 70.5 cm³/mol. The van der Waals surface area contributed by atoms with Crippen LogP contribution in [-0.4, -0.2) is 9.55 Å². The van der Waals surface area contributed by atoms with Crippen LogP contribution < -0.4 is 0 Å². The Morgan fingerprint density at radius 1 is 1.17 bits per heavy atom. The minimum absolute atomic E-state index is 0.675. The fraction of sp³-hybridized carbons (Fsp3) is 0.0667. The number of benzene rings is 1. The summed E-state index contributed by atoms with van der Waals surface area (Å²) in [5, 5.41) is 9.94. The first-order chi connectivity index (χ1) is 8.79. The van der Waals surface area contributed by atoms with Gasteiger partial charge in [0.25, 0.3) is 0 Å². The lowest BCUT2D eigenvalue weighted by molar-refractivity contribution is 1.05. The summed E-state index contributed by atoms with van der Waals surface area (Å²) in [5.74, 6) is 0. The normalized spacial score (nSPS) is 10.4. The van der Waals surface area contributed by atoms with Crippen molar-refractivity contribution in [1.29, 1.82) is 5.26 Å². The van der Waals surface area contributed by atoms with Crippen molar-refractivity contribution in [3.05, 3.63) is 60.0 Å². The van der Waals surface area contributed by atoms with Crippen LogP contribution in [0.3, 0.4) is 0 Å². The molecule has 2 heterocycles. The van der Waals surface area contributed by atoms with E-state index < -0.39 is 0 Å². The summed E-state index contributed by atoms with van der Waals surface area (Å²) in [5.41, 5.74) is 4.03. The second-order valence-electron chi connectivity index (χ2n) is 4.21. The van der Waals surface area contributed by atoms with Crippen LogP contribution in [0, 0.1) is 18.3 Å². The molecule has 0 aliphatic rings. The first kappa shape index (κ1) is 10.5. The van der Waals surface area contributed by atoms with Crippen molar-refractivity contribution in [1.82, 2.24) is 9.55 Å². The molecule has 3 nitrogen and oxygen atoms in total. The van der Waals surface area contributed by atoms with E-state index >= 15 is 0 Å². The maximum atomic E-state index is 8.82. The summed E-state index contributed by atoms with van der Waals surface area (Å²) >= 11 is 0. The number of hydrogen-bond acceptors (Lipinski definition) is 2. The lowest BCUT2D eigenvalue weighted by Crippen LogP contribution is -1.95. The third-order valence-electron chi connectivity index (χ3n) is 3.04. The van der Waals surface area contributed by atoms with Crippen LogP contribution >= 0.6 is 0 Å². The van der Waals surface area contributed by atoms with Gasteiger partial charge >= 0.3 is 0 Å². The van der Waals surface area contributed by atoms with E-state index in [0.29, 0.717) is 5.56 Å². The van der Waals surface area contributed by atoms with Gasteiger partial charge in [-0.25, -0.2) is 0 Å². The van der Waals surface area contributed by atoms with Gasteiger partial charge in [0.2, 0.25) is 0 Å². The number of fused-ring (bicyclic) bond motifs is 1. The molecule has 0 N–H and O–H groups in total. The van der Waals surface area contributed by atoms with Crippen molar-refractivity contribution in [3.63, 3.8) is 0 Å². The zero-order valence-electron chi connectivity index (χ0n) is 9.96. The highest BCUT2D eigenvalue weighted by atomic mass is 15.0. The van der Waals surface area contributed by atoms with E-state index in [1.54, 1.807) is 6.20 Å². The second kappa shape index (κ2) is 4.01. The first-order valence-electron chi connectivity index (χ1n) is 5.72. The Bertz CT molecular complexity index is 745. The molecule has 3 heteroatoms. The Morgan fingerprint density at radius 2 is 1.94 bits per heavy atom. The molecule has 18 heavy (non-hydrogen) atoms. The Hall–Kier alpha value is -2.60. The lowest BCUT2D eigenvalue weighted by atomic mass is 10.2. The van der Waals surface area contributed by atoms with E-state index in [2.05, 4.69) is 28.6 Å². The van der Waals surface area contributed by atoms with Crippen LogP contribution in [0.2, 0.25) is 0 Å². The van der Waals surface area contributed by atoms with E-state index in [-0.39, 0.29) is 0 Å². The molecule has 3 aromatic rings. The lowest BCUT2D eigenvalue weighted by Gasteiger charge is -2.08. The highest BCUT2D eigenvalue weighted by molar-refractivity contribution is 5.82. The van der Waals surface area contributed by atoms with Gasteiger partial charge in [-0.05, 0) is 43.3 Å². The van der Waals surface area contributed by atoms with Gasteiger partial charge in [0, 0.05) is 29.2 Å². The Kier molecular flexibility index (Phi) is 2.35. The van der Waals surface area contributed by atoms with Gasteiger partial charge < -0.3 is 4.57 Å². The molecule has 0 saturated heterocycles. The summed E-state index contributed by atoms with van der Waals surface area (Å²) < 4.78 is 2.16. The molecule has 1 aromatic carbocycles. The number of aromatic nitrogens is 2. The zero-order chi connectivity index (χ0) is 12.5. The molecule has 0 amide bonds. The van der Waals surface area contributed by atoms with Gasteiger partial charge in [0.1, 0.15) is 0 Å². The van der Waals surface area contributed by atoms with Gasteiger partial charge in [-0.2, -0.15) is 5.26 Å². The van der Waals surface area contributed by atoms with Crippen molar-refractivity contribution in [3.8, 4) is 11.8 Å². The minimum atomic E-state index is 0.675. The number of rotatable bonds is 1. The Morgan fingerprint density at radius 3 is 2.67 bits per heavy atom. The number of hydrogen-bond donors (Lipinski definition) is 0. The first-order valence-corrected chi connectivity index (χ1v) is 5.72. The molecule has 3 rings (SSSR count). The average Bonchev–Trinajstić information content (AvgIpc) is 2.75. The van der Waals surface area contributed by atoms with Gasteiger partial charge in [0.15, 0.2) is 0 Å². The highest BCUT2D eigenvalue weighted by Crippen LogP contribution is 2.23. The van der Waals surface area contributed by atoms with Crippen LogP contribution in [0.5, 0.6) is 0 Å². The molecule has 2 aromatic heterocycles. The number of pyridine rings is 1. The predicted octanol–water partition coefficient (Wildman–Crippen LogP) is 3.21. The van der Waals surface area contributed by atoms with Gasteiger partial charge in [-0.1, -0.05) is 0 Å². The van der Waals surface area contributed by atoms with Crippen LogP contribution in [0.25, 0.3) is 16.6 Å². The zero-order valence-corrected chi connectivity index (χ0v) is 9.96. The monoisotopic (exact) mass is 233 g/mol. The Labute approximate surface area is 105 Å². The van der Waals surface area contributed by atoms with Crippen LogP contribution in [0.4, 0.5) is 0 Å². The summed E-state index contributed by atoms with van der Waals surface area (Å²) in [6, 6.07) is 13.8. The van der Waals surface area contributed by atoms with E-state index in [1.807, 2.05) is 36.5 Å².